The molecule has 1 aromatic carbocycles. The fourth-order valence-electron chi connectivity index (χ4n) is 3.82. The van der Waals surface area contributed by atoms with Crippen LogP contribution in [0.5, 0.6) is 0 Å². The molecule has 26 heavy (non-hydrogen) atoms. The third-order valence-electron chi connectivity index (χ3n) is 5.02. The molecule has 2 aromatic rings. The van der Waals surface area contributed by atoms with Gasteiger partial charge in [0, 0.05) is 36.7 Å². The zero-order chi connectivity index (χ0) is 18.8. The van der Waals surface area contributed by atoms with Gasteiger partial charge in [-0.2, -0.15) is 0 Å². The second-order valence-electron chi connectivity index (χ2n) is 6.96. The smallest absolute Gasteiger partial charge is 0.261 e. The van der Waals surface area contributed by atoms with Crippen LogP contribution in [-0.2, 0) is 6.54 Å². The van der Waals surface area contributed by atoms with Crippen LogP contribution in [0, 0.1) is 5.82 Å². The van der Waals surface area contributed by atoms with Crippen molar-refractivity contribution >= 4 is 26.8 Å². The quantitative estimate of drug-likeness (QED) is 0.798. The van der Waals surface area contributed by atoms with E-state index in [0.29, 0.717) is 28.3 Å². The van der Waals surface area contributed by atoms with E-state index in [9.17, 15) is 9.18 Å². The summed E-state index contributed by atoms with van der Waals surface area (Å²) in [5, 5.41) is 3.77. The Balaban J connectivity index is 2.18. The Kier molecular flexibility index (Phi) is 6.10. The maximum absolute atomic E-state index is 14.5. The topological polar surface area (TPSA) is 50.2 Å². The van der Waals surface area contributed by atoms with Crippen molar-refractivity contribution in [1.29, 1.82) is 0 Å². The summed E-state index contributed by atoms with van der Waals surface area (Å²) in [6, 6.07) is 3.43. The number of nitrogens with zero attached hydrogens (tertiary/aromatic N) is 3. The van der Waals surface area contributed by atoms with Gasteiger partial charge in [-0.3, -0.25) is 14.3 Å². The first kappa shape index (κ1) is 19.5. The molecule has 5 nitrogen and oxygen atoms in total. The summed E-state index contributed by atoms with van der Waals surface area (Å²) in [5.74, 6) is 0.224. The molecule has 1 aromatic heterocycles. The number of hydrogen-bond acceptors (Lipinski definition) is 4. The molecule has 7 heteroatoms. The summed E-state index contributed by atoms with van der Waals surface area (Å²) >= 11 is 3.27. The van der Waals surface area contributed by atoms with Crippen molar-refractivity contribution in [3.8, 4) is 0 Å². The van der Waals surface area contributed by atoms with Gasteiger partial charge in [0.05, 0.1) is 11.4 Å². The Morgan fingerprint density at radius 2 is 2.19 bits per heavy atom. The van der Waals surface area contributed by atoms with Crippen molar-refractivity contribution in [2.75, 3.05) is 19.6 Å². The molecule has 0 bridgehead atoms. The molecule has 0 aliphatic carbocycles. The Hall–Kier alpha value is -1.31. The van der Waals surface area contributed by atoms with Crippen LogP contribution in [0.4, 0.5) is 4.39 Å². The zero-order valence-corrected chi connectivity index (χ0v) is 17.1. The standard InChI is InChI=1S/C19H26BrFN4O/c1-4-6-16(24-8-7-22-12(3)11-24)18-23-17-14(19(26)25(18)5-2)9-13(20)10-15(17)21/h9-10,12,16,22H,4-8,11H2,1-3H3/t12-,16-/m0/s1. The average molecular weight is 425 g/mol. The summed E-state index contributed by atoms with van der Waals surface area (Å²) in [5.41, 5.74) is -0.000767. The van der Waals surface area contributed by atoms with E-state index in [1.807, 2.05) is 6.92 Å². The van der Waals surface area contributed by atoms with Crippen molar-refractivity contribution in [2.45, 2.75) is 52.2 Å². The lowest BCUT2D eigenvalue weighted by Gasteiger charge is -2.38. The number of aromatic nitrogens is 2. The van der Waals surface area contributed by atoms with Crippen molar-refractivity contribution < 1.29 is 4.39 Å². The molecule has 1 saturated heterocycles. The highest BCUT2D eigenvalue weighted by Crippen LogP contribution is 2.27. The minimum atomic E-state index is -0.458. The van der Waals surface area contributed by atoms with Crippen LogP contribution in [0.2, 0.25) is 0 Å². The third-order valence-corrected chi connectivity index (χ3v) is 5.48. The normalized spacial score (nSPS) is 19.8. The van der Waals surface area contributed by atoms with Gasteiger partial charge >= 0.3 is 0 Å². The van der Waals surface area contributed by atoms with Crippen LogP contribution >= 0.6 is 15.9 Å². The number of rotatable bonds is 5. The molecule has 0 spiro atoms. The first-order chi connectivity index (χ1) is 12.5. The van der Waals surface area contributed by atoms with Crippen LogP contribution in [0.25, 0.3) is 10.9 Å². The largest absolute Gasteiger partial charge is 0.312 e. The highest BCUT2D eigenvalue weighted by molar-refractivity contribution is 9.10. The Morgan fingerprint density at radius 1 is 1.42 bits per heavy atom. The third kappa shape index (κ3) is 3.70. The minimum absolute atomic E-state index is 0.0182. The van der Waals surface area contributed by atoms with Crippen molar-refractivity contribution in [3.05, 3.63) is 38.6 Å². The van der Waals surface area contributed by atoms with Gasteiger partial charge in [-0.15, -0.1) is 0 Å². The number of hydrogen-bond donors (Lipinski definition) is 1. The maximum atomic E-state index is 14.5. The van der Waals surface area contributed by atoms with E-state index in [-0.39, 0.29) is 17.1 Å². The van der Waals surface area contributed by atoms with Gasteiger partial charge in [-0.1, -0.05) is 29.3 Å². The van der Waals surface area contributed by atoms with E-state index in [1.54, 1.807) is 10.6 Å². The molecular weight excluding hydrogens is 399 g/mol. The fraction of sp³-hybridized carbons (Fsp3) is 0.579. The van der Waals surface area contributed by atoms with Crippen molar-refractivity contribution in [3.63, 3.8) is 0 Å². The number of benzene rings is 1. The van der Waals surface area contributed by atoms with Crippen LogP contribution in [0.1, 0.15) is 45.5 Å². The van der Waals surface area contributed by atoms with Gasteiger partial charge in [0.1, 0.15) is 11.3 Å². The monoisotopic (exact) mass is 424 g/mol. The first-order valence-corrected chi connectivity index (χ1v) is 10.1. The summed E-state index contributed by atoms with van der Waals surface area (Å²) in [4.78, 5) is 20.1. The lowest BCUT2D eigenvalue weighted by atomic mass is 10.1. The van der Waals surface area contributed by atoms with E-state index in [2.05, 4.69) is 45.0 Å². The molecule has 0 radical (unpaired) electrons. The van der Waals surface area contributed by atoms with Gasteiger partial charge in [0.15, 0.2) is 5.82 Å². The molecule has 0 unspecified atom stereocenters. The molecule has 1 N–H and O–H groups in total. The van der Waals surface area contributed by atoms with E-state index in [1.165, 1.54) is 6.07 Å². The molecule has 2 heterocycles. The molecule has 0 saturated carbocycles. The molecule has 2 atom stereocenters. The second kappa shape index (κ2) is 8.15. The molecule has 3 rings (SSSR count). The highest BCUT2D eigenvalue weighted by Gasteiger charge is 2.28. The van der Waals surface area contributed by atoms with Crippen LogP contribution in [0.15, 0.2) is 21.4 Å². The molecule has 142 valence electrons. The molecule has 1 fully saturated rings. The predicted octanol–water partition coefficient (Wildman–Crippen LogP) is 3.45. The van der Waals surface area contributed by atoms with Crippen molar-refractivity contribution in [2.24, 2.45) is 0 Å². The number of fused-ring (bicyclic) bond motifs is 1. The summed E-state index contributed by atoms with van der Waals surface area (Å²) < 4.78 is 16.8. The van der Waals surface area contributed by atoms with Gasteiger partial charge in [0.2, 0.25) is 0 Å². The molecule has 1 aliphatic heterocycles. The maximum Gasteiger partial charge on any atom is 0.261 e. The lowest BCUT2D eigenvalue weighted by Crippen LogP contribution is -2.51. The van der Waals surface area contributed by atoms with Gasteiger partial charge in [0.25, 0.3) is 5.56 Å². The minimum Gasteiger partial charge on any atom is -0.312 e. The molecular formula is C19H26BrFN4O. The van der Waals surface area contributed by atoms with Crippen LogP contribution in [-0.4, -0.2) is 40.1 Å². The number of nitrogens with one attached hydrogen (secondary N) is 1. The zero-order valence-electron chi connectivity index (χ0n) is 15.6. The molecule has 0 amide bonds. The Bertz CT molecular complexity index is 854. The van der Waals surface area contributed by atoms with Crippen molar-refractivity contribution in [1.82, 2.24) is 19.8 Å². The lowest BCUT2D eigenvalue weighted by molar-refractivity contribution is 0.132. The Morgan fingerprint density at radius 3 is 2.85 bits per heavy atom. The van der Waals surface area contributed by atoms with E-state index in [4.69, 9.17) is 0 Å². The van der Waals surface area contributed by atoms with E-state index >= 15 is 0 Å². The van der Waals surface area contributed by atoms with Crippen LogP contribution < -0.4 is 10.9 Å². The van der Waals surface area contributed by atoms with Gasteiger partial charge < -0.3 is 5.32 Å². The highest BCUT2D eigenvalue weighted by atomic mass is 79.9. The fourth-order valence-corrected chi connectivity index (χ4v) is 4.25. The SMILES string of the molecule is CCC[C@@H](c1nc2c(F)cc(Br)cc2c(=O)n1CC)N1CCN[C@@H](C)C1. The summed E-state index contributed by atoms with van der Waals surface area (Å²) in [6.07, 6.45) is 1.87. The molecule has 1 aliphatic rings. The predicted molar refractivity (Wildman–Crippen MR) is 106 cm³/mol. The van der Waals surface area contributed by atoms with Gasteiger partial charge in [-0.05, 0) is 32.4 Å². The van der Waals surface area contributed by atoms with E-state index < -0.39 is 5.82 Å². The van der Waals surface area contributed by atoms with E-state index in [0.717, 1.165) is 32.5 Å². The average Bonchev–Trinajstić information content (AvgIpc) is 2.60. The number of halogens is 2. The van der Waals surface area contributed by atoms with Crippen LogP contribution in [0.3, 0.4) is 0 Å². The van der Waals surface area contributed by atoms with Gasteiger partial charge in [-0.25, -0.2) is 9.37 Å². The summed E-state index contributed by atoms with van der Waals surface area (Å²) in [7, 11) is 0. The summed E-state index contributed by atoms with van der Waals surface area (Å²) in [6.45, 7) is 9.45. The first-order valence-electron chi connectivity index (χ1n) is 9.33. The number of piperazine rings is 1. The second-order valence-corrected chi connectivity index (χ2v) is 7.87. The Labute approximate surface area is 161 Å².